The van der Waals surface area contributed by atoms with E-state index in [0.29, 0.717) is 17.1 Å². The Labute approximate surface area is 112 Å². The fourth-order valence-corrected chi connectivity index (χ4v) is 1.72. The number of benzene rings is 1. The lowest BCUT2D eigenvalue weighted by Crippen LogP contribution is -2.31. The van der Waals surface area contributed by atoms with Crippen LogP contribution in [0.5, 0.6) is 0 Å². The van der Waals surface area contributed by atoms with Gasteiger partial charge in [-0.3, -0.25) is 0 Å². The Hall–Kier alpha value is -1.26. The Bertz CT molecular complexity index is 398. The lowest BCUT2D eigenvalue weighted by atomic mass is 10.1. The van der Waals surface area contributed by atoms with Crippen LogP contribution in [0.4, 0.5) is 4.79 Å². The van der Waals surface area contributed by atoms with Gasteiger partial charge in [0, 0.05) is 17.1 Å². The highest BCUT2D eigenvalue weighted by Crippen LogP contribution is 2.26. The number of ether oxygens (including phenoxy) is 1. The lowest BCUT2D eigenvalue weighted by Gasteiger charge is -2.20. The lowest BCUT2D eigenvalue weighted by molar-refractivity contribution is 0.0120. The molecule has 0 aromatic heterocycles. The van der Waals surface area contributed by atoms with Gasteiger partial charge in [-0.25, -0.2) is 4.79 Å². The molecule has 0 saturated heterocycles. The van der Waals surface area contributed by atoms with Gasteiger partial charge in [0.1, 0.15) is 12.2 Å². The van der Waals surface area contributed by atoms with Crippen molar-refractivity contribution in [3.05, 3.63) is 34.9 Å². The second kappa shape index (κ2) is 7.24. The maximum absolute atomic E-state index is 11.4. The molecule has 0 saturated carbocycles. The summed E-state index contributed by atoms with van der Waals surface area (Å²) in [6, 6.07) is 6.94. The highest BCUT2D eigenvalue weighted by Gasteiger charge is 2.21. The van der Waals surface area contributed by atoms with E-state index >= 15 is 0 Å². The summed E-state index contributed by atoms with van der Waals surface area (Å²) in [6.45, 7) is 4.12. The van der Waals surface area contributed by atoms with Crippen LogP contribution in [0, 0.1) is 0 Å². The van der Waals surface area contributed by atoms with Crippen molar-refractivity contribution in [3.8, 4) is 0 Å². The minimum atomic E-state index is -0.939. The van der Waals surface area contributed by atoms with Crippen LogP contribution in [0.1, 0.15) is 31.9 Å². The molecular weight excluding hydrogens is 254 g/mol. The third-order valence-corrected chi connectivity index (χ3v) is 2.82. The van der Waals surface area contributed by atoms with Gasteiger partial charge in [0.05, 0.1) is 0 Å². The third kappa shape index (κ3) is 4.20. The van der Waals surface area contributed by atoms with Crippen LogP contribution in [0.25, 0.3) is 0 Å². The van der Waals surface area contributed by atoms with Crippen LogP contribution in [0.3, 0.4) is 0 Å². The Kier molecular flexibility index (Phi) is 5.95. The second-order valence-corrected chi connectivity index (χ2v) is 4.41. The van der Waals surface area contributed by atoms with Crippen LogP contribution in [0.15, 0.2) is 24.3 Å². The summed E-state index contributed by atoms with van der Waals surface area (Å²) in [7, 11) is 0. The Morgan fingerprint density at radius 2 is 2.17 bits per heavy atom. The summed E-state index contributed by atoms with van der Waals surface area (Å²) in [5.41, 5.74) is 0.551. The van der Waals surface area contributed by atoms with Crippen LogP contribution in [-0.4, -0.2) is 23.8 Å². The van der Waals surface area contributed by atoms with Gasteiger partial charge < -0.3 is 15.2 Å². The summed E-state index contributed by atoms with van der Waals surface area (Å²) >= 11 is 5.97. The second-order valence-electron chi connectivity index (χ2n) is 4.00. The smallest absolute Gasteiger partial charge is 0.407 e. The number of aliphatic hydroxyl groups is 1. The first-order valence-electron chi connectivity index (χ1n) is 5.93. The van der Waals surface area contributed by atoms with Gasteiger partial charge in [0.2, 0.25) is 0 Å². The topological polar surface area (TPSA) is 58.6 Å². The standard InChI is InChI=1S/C13H18ClNO3/c1-3-8-15-13(17)18-9(2)12(16)10-6-4-5-7-11(10)14/h4-7,9,12,16H,3,8H2,1-2H3,(H,15,17)/t9-,12+/m1/s1. The van der Waals surface area contributed by atoms with Crippen molar-refractivity contribution in [1.82, 2.24) is 5.32 Å². The van der Waals surface area contributed by atoms with Gasteiger partial charge in [-0.15, -0.1) is 0 Å². The number of halogens is 1. The summed E-state index contributed by atoms with van der Waals surface area (Å²) in [4.78, 5) is 11.4. The molecule has 0 aliphatic rings. The van der Waals surface area contributed by atoms with Gasteiger partial charge in [-0.1, -0.05) is 36.7 Å². The van der Waals surface area contributed by atoms with Crippen molar-refractivity contribution in [2.45, 2.75) is 32.5 Å². The van der Waals surface area contributed by atoms with Crippen LogP contribution in [-0.2, 0) is 4.74 Å². The molecule has 0 aliphatic carbocycles. The SMILES string of the molecule is CCCNC(=O)O[C@H](C)[C@H](O)c1ccccc1Cl. The molecule has 100 valence electrons. The molecule has 1 aromatic carbocycles. The molecule has 2 atom stereocenters. The molecule has 1 amide bonds. The number of aliphatic hydroxyl groups excluding tert-OH is 1. The Morgan fingerprint density at radius 3 is 2.78 bits per heavy atom. The first kappa shape index (κ1) is 14.8. The quantitative estimate of drug-likeness (QED) is 0.866. The predicted octanol–water partition coefficient (Wildman–Crippen LogP) is 2.90. The molecule has 0 radical (unpaired) electrons. The molecule has 1 rings (SSSR count). The summed E-state index contributed by atoms with van der Waals surface area (Å²) < 4.78 is 5.06. The van der Waals surface area contributed by atoms with E-state index in [2.05, 4.69) is 5.32 Å². The molecule has 0 unspecified atom stereocenters. The van der Waals surface area contributed by atoms with Crippen LogP contribution in [0.2, 0.25) is 5.02 Å². The fraction of sp³-hybridized carbons (Fsp3) is 0.462. The first-order valence-corrected chi connectivity index (χ1v) is 6.31. The molecule has 18 heavy (non-hydrogen) atoms. The minimum absolute atomic E-state index is 0.453. The summed E-state index contributed by atoms with van der Waals surface area (Å²) in [5, 5.41) is 13.1. The number of alkyl carbamates (subject to hydrolysis) is 1. The highest BCUT2D eigenvalue weighted by atomic mass is 35.5. The van der Waals surface area contributed by atoms with Crippen molar-refractivity contribution in [3.63, 3.8) is 0 Å². The van der Waals surface area contributed by atoms with Gasteiger partial charge in [0.25, 0.3) is 0 Å². The normalized spacial score (nSPS) is 13.8. The summed E-state index contributed by atoms with van der Waals surface area (Å²) in [5.74, 6) is 0. The van der Waals surface area contributed by atoms with Gasteiger partial charge in [0.15, 0.2) is 0 Å². The van der Waals surface area contributed by atoms with E-state index in [1.807, 2.05) is 6.92 Å². The van der Waals surface area contributed by atoms with Gasteiger partial charge in [-0.2, -0.15) is 0 Å². The van der Waals surface area contributed by atoms with E-state index in [0.717, 1.165) is 6.42 Å². The number of amides is 1. The maximum atomic E-state index is 11.4. The van der Waals surface area contributed by atoms with Crippen LogP contribution >= 0.6 is 11.6 Å². The number of rotatable bonds is 5. The summed E-state index contributed by atoms with van der Waals surface area (Å²) in [6.07, 6.45) is -1.31. The van der Waals surface area contributed by atoms with Crippen molar-refractivity contribution >= 4 is 17.7 Å². The zero-order valence-corrected chi connectivity index (χ0v) is 11.3. The molecule has 2 N–H and O–H groups in total. The van der Waals surface area contributed by atoms with Gasteiger partial charge >= 0.3 is 6.09 Å². The van der Waals surface area contributed by atoms with Crippen molar-refractivity contribution < 1.29 is 14.6 Å². The van der Waals surface area contributed by atoms with Gasteiger partial charge in [-0.05, 0) is 19.4 Å². The number of carbonyl (C=O) groups is 1. The van der Waals surface area contributed by atoms with E-state index in [1.165, 1.54) is 0 Å². The molecular formula is C13H18ClNO3. The highest BCUT2D eigenvalue weighted by molar-refractivity contribution is 6.31. The number of hydrogen-bond donors (Lipinski definition) is 2. The average molecular weight is 272 g/mol. The number of hydrogen-bond acceptors (Lipinski definition) is 3. The van der Waals surface area contributed by atoms with E-state index in [-0.39, 0.29) is 0 Å². The largest absolute Gasteiger partial charge is 0.443 e. The van der Waals surface area contributed by atoms with E-state index in [9.17, 15) is 9.90 Å². The predicted molar refractivity (Wildman–Crippen MR) is 70.6 cm³/mol. The monoisotopic (exact) mass is 271 g/mol. The molecule has 0 aliphatic heterocycles. The third-order valence-electron chi connectivity index (χ3n) is 2.48. The zero-order chi connectivity index (χ0) is 13.5. The van der Waals surface area contributed by atoms with Crippen molar-refractivity contribution in [2.75, 3.05) is 6.54 Å². The fourth-order valence-electron chi connectivity index (χ4n) is 1.47. The molecule has 0 fully saturated rings. The molecule has 0 heterocycles. The maximum Gasteiger partial charge on any atom is 0.407 e. The van der Waals surface area contributed by atoms with Crippen molar-refractivity contribution in [1.29, 1.82) is 0 Å². The molecule has 4 nitrogen and oxygen atoms in total. The first-order chi connectivity index (χ1) is 8.56. The zero-order valence-electron chi connectivity index (χ0n) is 10.5. The Morgan fingerprint density at radius 1 is 1.50 bits per heavy atom. The number of carbonyl (C=O) groups excluding carboxylic acids is 1. The van der Waals surface area contributed by atoms with Crippen molar-refractivity contribution in [2.24, 2.45) is 0 Å². The van der Waals surface area contributed by atoms with Crippen LogP contribution < -0.4 is 5.32 Å². The number of nitrogens with one attached hydrogen (secondary N) is 1. The van der Waals surface area contributed by atoms with E-state index < -0.39 is 18.3 Å². The Balaban J connectivity index is 2.59. The average Bonchev–Trinajstić information content (AvgIpc) is 2.36. The molecule has 5 heteroatoms. The van der Waals surface area contributed by atoms with E-state index in [4.69, 9.17) is 16.3 Å². The van der Waals surface area contributed by atoms with E-state index in [1.54, 1.807) is 31.2 Å². The molecule has 0 bridgehead atoms. The molecule has 1 aromatic rings. The molecule has 0 spiro atoms. The minimum Gasteiger partial charge on any atom is -0.443 e.